The van der Waals surface area contributed by atoms with Gasteiger partial charge in [0, 0.05) is 55.3 Å². The molecule has 3 N–H and O–H groups in total. The summed E-state index contributed by atoms with van der Waals surface area (Å²) in [6, 6.07) is 4.15. The van der Waals surface area contributed by atoms with Crippen LogP contribution in [0.5, 0.6) is 0 Å². The predicted molar refractivity (Wildman–Crippen MR) is 108 cm³/mol. The van der Waals surface area contributed by atoms with Crippen LogP contribution in [0.2, 0.25) is 0 Å². The highest BCUT2D eigenvalue weighted by Crippen LogP contribution is 2.35. The van der Waals surface area contributed by atoms with E-state index in [4.69, 9.17) is 10.5 Å². The number of hydrogen-bond donors (Lipinski definition) is 2. The summed E-state index contributed by atoms with van der Waals surface area (Å²) in [7, 11) is 1.65. The van der Waals surface area contributed by atoms with Gasteiger partial charge in [-0.1, -0.05) is 0 Å². The lowest BCUT2D eigenvalue weighted by Gasteiger charge is -2.32. The molecule has 1 aliphatic carbocycles. The van der Waals surface area contributed by atoms with E-state index in [2.05, 4.69) is 25.4 Å². The lowest BCUT2D eigenvalue weighted by molar-refractivity contribution is 0.177. The largest absolute Gasteiger partial charge is 0.377 e. The number of fused-ring (bicyclic) bond motifs is 1. The Morgan fingerprint density at radius 1 is 1.30 bits per heavy atom. The van der Waals surface area contributed by atoms with Gasteiger partial charge in [-0.2, -0.15) is 5.10 Å². The smallest absolute Gasteiger partial charge is 0.159 e. The third kappa shape index (κ3) is 4.65. The number of ether oxygens (including phenoxy) is 1. The second-order valence-electron chi connectivity index (χ2n) is 6.37. The molecule has 3 aromatic heterocycles. The van der Waals surface area contributed by atoms with Gasteiger partial charge >= 0.3 is 0 Å². The van der Waals surface area contributed by atoms with Gasteiger partial charge in [-0.3, -0.25) is 0 Å². The lowest BCUT2D eigenvalue weighted by Crippen LogP contribution is -2.35. The Morgan fingerprint density at radius 2 is 2.11 bits per heavy atom. The van der Waals surface area contributed by atoms with Crippen LogP contribution in [0.3, 0.4) is 0 Å². The summed E-state index contributed by atoms with van der Waals surface area (Å²) in [5.74, 6) is 1.88. The number of anilines is 1. The van der Waals surface area contributed by atoms with Crippen LogP contribution in [-0.4, -0.2) is 37.7 Å². The first-order valence-electron chi connectivity index (χ1n) is 8.36. The molecule has 0 unspecified atom stereocenters. The zero-order valence-corrected chi connectivity index (χ0v) is 16.5. The number of hydrogen-bond acceptors (Lipinski definition) is 7. The first kappa shape index (κ1) is 21.3. The van der Waals surface area contributed by atoms with Crippen LogP contribution in [0, 0.1) is 0 Å². The Labute approximate surface area is 169 Å². The van der Waals surface area contributed by atoms with Gasteiger partial charge in [0.1, 0.15) is 12.4 Å². The normalized spacial score (nSPS) is 18.3. The Morgan fingerprint density at radius 3 is 2.85 bits per heavy atom. The van der Waals surface area contributed by atoms with Crippen molar-refractivity contribution in [2.45, 2.75) is 38.0 Å². The van der Waals surface area contributed by atoms with E-state index in [9.17, 15) is 0 Å². The monoisotopic (exact) mass is 411 g/mol. The summed E-state index contributed by atoms with van der Waals surface area (Å²) in [6.07, 6.45) is 7.41. The van der Waals surface area contributed by atoms with E-state index in [1.165, 1.54) is 0 Å². The Kier molecular flexibility index (Phi) is 7.32. The maximum atomic E-state index is 5.92. The van der Waals surface area contributed by atoms with Gasteiger partial charge in [0.15, 0.2) is 11.5 Å². The van der Waals surface area contributed by atoms with Gasteiger partial charge in [-0.15, -0.1) is 24.8 Å². The van der Waals surface area contributed by atoms with E-state index in [-0.39, 0.29) is 30.9 Å². The number of rotatable bonds is 6. The standard InChI is InChI=1S/C17H21N7O.2ClH/c1-25-10-16-22-14(11-5-13(18)6-11)7-15(23-16)20-8-12-9-21-24-4-2-3-19-17(12)24;;/h2-4,7,9,11,13H,5-6,8,10,18H2,1H3,(H,20,22,23);2*1H. The third-order valence-corrected chi connectivity index (χ3v) is 4.47. The molecular weight excluding hydrogens is 389 g/mol. The highest BCUT2D eigenvalue weighted by atomic mass is 35.5. The molecule has 3 heterocycles. The van der Waals surface area contributed by atoms with E-state index in [0.717, 1.165) is 35.6 Å². The molecule has 27 heavy (non-hydrogen) atoms. The molecule has 0 amide bonds. The molecule has 0 atom stereocenters. The minimum atomic E-state index is 0. The van der Waals surface area contributed by atoms with Crippen LogP contribution in [0.1, 0.15) is 35.8 Å². The minimum absolute atomic E-state index is 0. The molecule has 0 bridgehead atoms. The van der Waals surface area contributed by atoms with Crippen molar-refractivity contribution in [3.63, 3.8) is 0 Å². The molecular formula is C17H23Cl2N7O. The van der Waals surface area contributed by atoms with E-state index >= 15 is 0 Å². The average molecular weight is 412 g/mol. The molecule has 8 nitrogen and oxygen atoms in total. The molecule has 146 valence electrons. The van der Waals surface area contributed by atoms with Crippen molar-refractivity contribution in [1.29, 1.82) is 0 Å². The summed E-state index contributed by atoms with van der Waals surface area (Å²) < 4.78 is 6.96. The highest BCUT2D eigenvalue weighted by Gasteiger charge is 2.29. The van der Waals surface area contributed by atoms with Crippen LogP contribution in [0.25, 0.3) is 5.65 Å². The van der Waals surface area contributed by atoms with Gasteiger partial charge in [-0.05, 0) is 18.9 Å². The Balaban J connectivity index is 0.00000131. The SMILES string of the molecule is COCc1nc(NCc2cnn3cccnc23)cc(C2CC(N)C2)n1.Cl.Cl. The summed E-state index contributed by atoms with van der Waals surface area (Å²) >= 11 is 0. The number of halogens is 2. The molecule has 0 radical (unpaired) electrons. The zero-order valence-electron chi connectivity index (χ0n) is 14.9. The van der Waals surface area contributed by atoms with Gasteiger partial charge in [-0.25, -0.2) is 19.5 Å². The van der Waals surface area contributed by atoms with E-state index < -0.39 is 0 Å². The van der Waals surface area contributed by atoms with Crippen molar-refractivity contribution in [3.8, 4) is 0 Å². The van der Waals surface area contributed by atoms with Crippen molar-refractivity contribution in [2.75, 3.05) is 12.4 Å². The maximum Gasteiger partial charge on any atom is 0.159 e. The van der Waals surface area contributed by atoms with Crippen molar-refractivity contribution in [3.05, 3.63) is 47.8 Å². The minimum Gasteiger partial charge on any atom is -0.377 e. The average Bonchev–Trinajstić information content (AvgIpc) is 3.00. The second-order valence-corrected chi connectivity index (χ2v) is 6.37. The van der Waals surface area contributed by atoms with Crippen LogP contribution >= 0.6 is 24.8 Å². The van der Waals surface area contributed by atoms with Gasteiger partial charge in [0.05, 0.1) is 6.20 Å². The molecule has 1 saturated carbocycles. The maximum absolute atomic E-state index is 5.92. The van der Waals surface area contributed by atoms with Gasteiger partial charge < -0.3 is 15.8 Å². The Hall–Kier alpha value is -2.00. The molecule has 4 rings (SSSR count). The molecule has 0 aliphatic heterocycles. The number of aromatic nitrogens is 5. The van der Waals surface area contributed by atoms with Gasteiger partial charge in [0.2, 0.25) is 0 Å². The molecule has 0 saturated heterocycles. The molecule has 10 heteroatoms. The molecule has 0 aromatic carbocycles. The summed E-state index contributed by atoms with van der Waals surface area (Å²) in [6.45, 7) is 0.979. The molecule has 1 fully saturated rings. The fourth-order valence-electron chi connectivity index (χ4n) is 3.10. The lowest BCUT2D eigenvalue weighted by atomic mass is 9.78. The highest BCUT2D eigenvalue weighted by molar-refractivity contribution is 5.85. The van der Waals surface area contributed by atoms with Crippen LogP contribution in [0.4, 0.5) is 5.82 Å². The van der Waals surface area contributed by atoms with Crippen molar-refractivity contribution in [2.24, 2.45) is 5.73 Å². The predicted octanol–water partition coefficient (Wildman–Crippen LogP) is 2.33. The molecule has 0 spiro atoms. The molecule has 1 aliphatic rings. The number of methoxy groups -OCH3 is 1. The van der Waals surface area contributed by atoms with Crippen LogP contribution in [0.15, 0.2) is 30.7 Å². The fourth-order valence-corrected chi connectivity index (χ4v) is 3.10. The van der Waals surface area contributed by atoms with E-state index in [1.54, 1.807) is 17.8 Å². The van der Waals surface area contributed by atoms with Crippen LogP contribution in [-0.2, 0) is 17.9 Å². The summed E-state index contributed by atoms with van der Waals surface area (Å²) in [5, 5.41) is 7.66. The van der Waals surface area contributed by atoms with Gasteiger partial charge in [0.25, 0.3) is 0 Å². The number of nitrogens with zero attached hydrogens (tertiary/aromatic N) is 5. The Bertz CT molecular complexity index is 883. The quantitative estimate of drug-likeness (QED) is 0.641. The first-order chi connectivity index (χ1) is 12.2. The zero-order chi connectivity index (χ0) is 17.2. The second kappa shape index (κ2) is 9.27. The summed E-state index contributed by atoms with van der Waals surface area (Å²) in [5.41, 5.74) is 8.80. The van der Waals surface area contributed by atoms with E-state index in [1.807, 2.05) is 24.5 Å². The molecule has 3 aromatic rings. The topological polar surface area (TPSA) is 103 Å². The van der Waals surface area contributed by atoms with Crippen LogP contribution < -0.4 is 11.1 Å². The van der Waals surface area contributed by atoms with Crippen molar-refractivity contribution >= 4 is 36.3 Å². The van der Waals surface area contributed by atoms with Crippen molar-refractivity contribution in [1.82, 2.24) is 24.6 Å². The third-order valence-electron chi connectivity index (χ3n) is 4.47. The summed E-state index contributed by atoms with van der Waals surface area (Å²) in [4.78, 5) is 13.5. The number of nitrogens with one attached hydrogen (secondary N) is 1. The fraction of sp³-hybridized carbons (Fsp3) is 0.412. The van der Waals surface area contributed by atoms with Crippen molar-refractivity contribution < 1.29 is 4.74 Å². The first-order valence-corrected chi connectivity index (χ1v) is 8.36. The van der Waals surface area contributed by atoms with E-state index in [0.29, 0.717) is 24.9 Å². The number of nitrogens with two attached hydrogens (primary N) is 1.